The Morgan fingerprint density at radius 2 is 1.64 bits per heavy atom. The molecule has 0 unspecified atom stereocenters. The second-order valence-corrected chi connectivity index (χ2v) is 11.6. The maximum absolute atomic E-state index is 12.5. The van der Waals surface area contributed by atoms with Gasteiger partial charge in [0.25, 0.3) is 0 Å². The van der Waals surface area contributed by atoms with Gasteiger partial charge < -0.3 is 25.0 Å². The summed E-state index contributed by atoms with van der Waals surface area (Å²) in [5.74, 6) is 0.784. The highest BCUT2D eigenvalue weighted by Gasteiger charge is 2.42. The highest BCUT2D eigenvalue weighted by Crippen LogP contribution is 2.44. The van der Waals surface area contributed by atoms with E-state index >= 15 is 0 Å². The van der Waals surface area contributed by atoms with Gasteiger partial charge in [0.15, 0.2) is 5.78 Å². The monoisotopic (exact) mass is 586 g/mol. The van der Waals surface area contributed by atoms with Gasteiger partial charge in [-0.1, -0.05) is 66.7 Å². The Bertz CT molecular complexity index is 1670. The number of piperazine rings is 1. The Labute approximate surface area is 256 Å². The molecule has 4 aromatic rings. The molecular weight excluding hydrogens is 552 g/mol. The molecule has 0 saturated carbocycles. The Kier molecular flexibility index (Phi) is 7.48. The van der Waals surface area contributed by atoms with Crippen molar-refractivity contribution in [1.29, 1.82) is 0 Å². The predicted octanol–water partition coefficient (Wildman–Crippen LogP) is 5.53. The molecule has 44 heavy (non-hydrogen) atoms. The summed E-state index contributed by atoms with van der Waals surface area (Å²) in [6.45, 7) is 2.43. The van der Waals surface area contributed by atoms with Crippen LogP contribution in [0.3, 0.4) is 0 Å². The summed E-state index contributed by atoms with van der Waals surface area (Å²) < 4.78 is 5.65. The summed E-state index contributed by atoms with van der Waals surface area (Å²) in [4.78, 5) is 34.3. The normalized spacial score (nSPS) is 18.5. The number of likely N-dealkylation sites (tertiary alicyclic amines) is 1. The van der Waals surface area contributed by atoms with E-state index in [1.54, 1.807) is 24.3 Å². The number of carbonyl (C=O) groups excluding carboxylic acids is 2. The molecule has 222 valence electrons. The molecule has 8 heteroatoms. The molecular formula is C36H34N4O4. The van der Waals surface area contributed by atoms with E-state index in [1.165, 1.54) is 28.3 Å². The standard InChI is InChI=1S/C36H34N4O4/c41-33-12-6-5-11-31(33)34(42)16-18-39-21-26-19-25(39)22-40(26)35-14-13-24(20-38-35)15-17-37-36(43)44-23-32-29-9-3-1-7-27(29)28-8-2-4-10-30(28)32/h1-14,16,18,20,25-26,32,41H,15,17,19,21-23H2,(H,37,43)/b18-16+/t25-,26-/m0/s1. The average molecular weight is 587 g/mol. The molecule has 2 fully saturated rings. The smallest absolute Gasteiger partial charge is 0.407 e. The number of para-hydroxylation sites is 1. The van der Waals surface area contributed by atoms with Gasteiger partial charge in [0.1, 0.15) is 18.2 Å². The number of fused-ring (bicyclic) bond motifs is 5. The molecule has 8 nitrogen and oxygen atoms in total. The van der Waals surface area contributed by atoms with Gasteiger partial charge in [-0.2, -0.15) is 0 Å². The molecule has 0 spiro atoms. The fourth-order valence-electron chi connectivity index (χ4n) is 6.79. The van der Waals surface area contributed by atoms with Crippen molar-refractivity contribution < 1.29 is 19.4 Å². The zero-order valence-corrected chi connectivity index (χ0v) is 24.3. The number of pyridine rings is 1. The van der Waals surface area contributed by atoms with Crippen LogP contribution in [0.4, 0.5) is 10.6 Å². The first-order valence-electron chi connectivity index (χ1n) is 15.1. The number of anilines is 1. The lowest BCUT2D eigenvalue weighted by atomic mass is 9.98. The number of hydrogen-bond acceptors (Lipinski definition) is 7. The molecule has 2 bridgehead atoms. The van der Waals surface area contributed by atoms with E-state index < -0.39 is 6.09 Å². The molecule has 7 rings (SSSR count). The number of aromatic nitrogens is 1. The lowest BCUT2D eigenvalue weighted by molar-refractivity contribution is 0.104. The van der Waals surface area contributed by atoms with E-state index in [0.29, 0.717) is 37.2 Å². The summed E-state index contributed by atoms with van der Waals surface area (Å²) in [5, 5.41) is 12.8. The molecule has 3 aliphatic rings. The number of benzene rings is 3. The van der Waals surface area contributed by atoms with Gasteiger partial charge in [-0.05, 0) is 58.9 Å². The highest BCUT2D eigenvalue weighted by molar-refractivity contribution is 6.06. The van der Waals surface area contributed by atoms with Gasteiger partial charge in [0.05, 0.1) is 5.56 Å². The number of rotatable bonds is 9. The number of ether oxygens (including phenoxy) is 1. The van der Waals surface area contributed by atoms with E-state index in [1.807, 2.05) is 42.7 Å². The molecule has 3 heterocycles. The van der Waals surface area contributed by atoms with Crippen LogP contribution in [-0.4, -0.2) is 65.2 Å². The lowest BCUT2D eigenvalue weighted by Gasteiger charge is -2.34. The number of hydrogen-bond donors (Lipinski definition) is 2. The second kappa shape index (κ2) is 11.9. The summed E-state index contributed by atoms with van der Waals surface area (Å²) >= 11 is 0. The topological polar surface area (TPSA) is 95.0 Å². The van der Waals surface area contributed by atoms with Crippen molar-refractivity contribution in [2.45, 2.75) is 30.8 Å². The number of aromatic hydroxyl groups is 1. The van der Waals surface area contributed by atoms with Crippen molar-refractivity contribution >= 4 is 17.7 Å². The maximum Gasteiger partial charge on any atom is 0.407 e. The largest absolute Gasteiger partial charge is 0.507 e. The number of phenols is 1. The summed E-state index contributed by atoms with van der Waals surface area (Å²) in [6.07, 6.45) is 6.55. The third kappa shape index (κ3) is 5.39. The second-order valence-electron chi connectivity index (χ2n) is 11.6. The first-order chi connectivity index (χ1) is 21.5. The number of phenolic OH excluding ortho intramolecular Hbond substituents is 1. The molecule has 1 aliphatic carbocycles. The van der Waals surface area contributed by atoms with Crippen LogP contribution in [0.1, 0.15) is 39.4 Å². The van der Waals surface area contributed by atoms with Crippen LogP contribution < -0.4 is 10.2 Å². The molecule has 2 saturated heterocycles. The van der Waals surface area contributed by atoms with E-state index in [9.17, 15) is 14.7 Å². The van der Waals surface area contributed by atoms with Crippen LogP contribution in [0.5, 0.6) is 5.75 Å². The third-order valence-electron chi connectivity index (χ3n) is 9.00. The fraction of sp³-hybridized carbons (Fsp3) is 0.250. The van der Waals surface area contributed by atoms with Crippen LogP contribution in [0.15, 0.2) is 103 Å². The number of carbonyl (C=O) groups is 2. The van der Waals surface area contributed by atoms with Crippen LogP contribution in [0.2, 0.25) is 0 Å². The van der Waals surface area contributed by atoms with Gasteiger partial charge in [-0.3, -0.25) is 4.79 Å². The van der Waals surface area contributed by atoms with Crippen molar-refractivity contribution in [3.05, 3.63) is 126 Å². The Morgan fingerprint density at radius 3 is 2.32 bits per heavy atom. The van der Waals surface area contributed by atoms with E-state index in [0.717, 1.165) is 30.9 Å². The van der Waals surface area contributed by atoms with E-state index in [4.69, 9.17) is 9.72 Å². The lowest BCUT2D eigenvalue weighted by Crippen LogP contribution is -2.44. The van der Waals surface area contributed by atoms with Crippen molar-refractivity contribution in [2.24, 2.45) is 0 Å². The van der Waals surface area contributed by atoms with Gasteiger partial charge >= 0.3 is 6.09 Å². The highest BCUT2D eigenvalue weighted by atomic mass is 16.5. The first-order valence-corrected chi connectivity index (χ1v) is 15.1. The number of amides is 1. The minimum absolute atomic E-state index is 0.00111. The Balaban J connectivity index is 0.868. The number of ketones is 1. The molecule has 0 radical (unpaired) electrons. The number of alkyl carbamates (subject to hydrolysis) is 1. The van der Waals surface area contributed by atoms with Crippen LogP contribution >= 0.6 is 0 Å². The maximum atomic E-state index is 12.5. The van der Waals surface area contributed by atoms with Crippen molar-refractivity contribution in [3.63, 3.8) is 0 Å². The average Bonchev–Trinajstić information content (AvgIpc) is 3.75. The first kappa shape index (κ1) is 27.7. The van der Waals surface area contributed by atoms with Gasteiger partial charge in [0, 0.05) is 56.1 Å². The van der Waals surface area contributed by atoms with Crippen LogP contribution in [0, 0.1) is 0 Å². The molecule has 2 atom stereocenters. The summed E-state index contributed by atoms with van der Waals surface area (Å²) in [5.41, 5.74) is 6.17. The zero-order valence-electron chi connectivity index (χ0n) is 24.3. The number of nitrogens with one attached hydrogen (secondary N) is 1. The zero-order chi connectivity index (χ0) is 30.0. The Hall–Kier alpha value is -5.11. The number of nitrogens with zero attached hydrogens (tertiary/aromatic N) is 3. The molecule has 2 aliphatic heterocycles. The van der Waals surface area contributed by atoms with E-state index in [-0.39, 0.29) is 17.5 Å². The van der Waals surface area contributed by atoms with Crippen LogP contribution in [-0.2, 0) is 11.2 Å². The summed E-state index contributed by atoms with van der Waals surface area (Å²) in [7, 11) is 0. The quantitative estimate of drug-likeness (QED) is 0.197. The minimum atomic E-state index is -0.412. The Morgan fingerprint density at radius 1 is 0.909 bits per heavy atom. The predicted molar refractivity (Wildman–Crippen MR) is 169 cm³/mol. The molecule has 1 aromatic heterocycles. The van der Waals surface area contributed by atoms with Gasteiger partial charge in [0.2, 0.25) is 0 Å². The van der Waals surface area contributed by atoms with Crippen molar-refractivity contribution in [2.75, 3.05) is 31.1 Å². The minimum Gasteiger partial charge on any atom is -0.507 e. The number of allylic oxidation sites excluding steroid dienone is 1. The third-order valence-corrected chi connectivity index (χ3v) is 9.00. The van der Waals surface area contributed by atoms with Gasteiger partial charge in [-0.15, -0.1) is 0 Å². The molecule has 3 aromatic carbocycles. The van der Waals surface area contributed by atoms with Crippen molar-refractivity contribution in [3.8, 4) is 16.9 Å². The fourth-order valence-corrected chi connectivity index (χ4v) is 6.79. The molecule has 1 amide bonds. The van der Waals surface area contributed by atoms with Crippen molar-refractivity contribution in [1.82, 2.24) is 15.2 Å². The molecule has 2 N–H and O–H groups in total. The van der Waals surface area contributed by atoms with Gasteiger partial charge in [-0.25, -0.2) is 9.78 Å². The summed E-state index contributed by atoms with van der Waals surface area (Å²) in [6, 6.07) is 28.0. The van der Waals surface area contributed by atoms with Crippen LogP contribution in [0.25, 0.3) is 11.1 Å². The SMILES string of the molecule is O=C(NCCc1ccc(N2C[C@@H]3C[C@H]2CN3/C=C/C(=O)c2ccccc2O)nc1)OCC1c2ccccc2-c2ccccc21. The van der Waals surface area contributed by atoms with E-state index in [2.05, 4.69) is 45.4 Å².